The molecule has 0 aromatic carbocycles. The second kappa shape index (κ2) is 6.76. The van der Waals surface area contributed by atoms with Crippen LogP contribution < -0.4 is 5.32 Å². The van der Waals surface area contributed by atoms with Crippen molar-refractivity contribution in [2.24, 2.45) is 5.92 Å². The number of carboxylic acids is 1. The van der Waals surface area contributed by atoms with E-state index < -0.39 is 17.4 Å². The Kier molecular flexibility index (Phi) is 5.63. The third-order valence-electron chi connectivity index (χ3n) is 3.94. The lowest BCUT2D eigenvalue weighted by atomic mass is 9.74. The van der Waals surface area contributed by atoms with E-state index in [9.17, 15) is 14.7 Å². The lowest BCUT2D eigenvalue weighted by molar-refractivity contribution is -0.146. The van der Waals surface area contributed by atoms with Crippen LogP contribution in [0, 0.1) is 5.92 Å². The Morgan fingerprint density at radius 1 is 1.33 bits per heavy atom. The van der Waals surface area contributed by atoms with Gasteiger partial charge in [0.05, 0.1) is 11.5 Å². The molecule has 0 aliphatic heterocycles. The molecule has 4 heteroatoms. The summed E-state index contributed by atoms with van der Waals surface area (Å²) >= 11 is 0. The van der Waals surface area contributed by atoms with Crippen molar-refractivity contribution < 1.29 is 14.7 Å². The Hall–Kier alpha value is -1.06. The summed E-state index contributed by atoms with van der Waals surface area (Å²) < 4.78 is 0. The molecule has 2 atom stereocenters. The highest BCUT2D eigenvalue weighted by molar-refractivity contribution is 5.79. The van der Waals surface area contributed by atoms with Crippen LogP contribution in [0.2, 0.25) is 0 Å². The summed E-state index contributed by atoms with van der Waals surface area (Å²) in [5, 5.41) is 12.2. The van der Waals surface area contributed by atoms with Gasteiger partial charge < -0.3 is 10.4 Å². The Labute approximate surface area is 109 Å². The summed E-state index contributed by atoms with van der Waals surface area (Å²) in [6.45, 7) is 3.98. The van der Waals surface area contributed by atoms with E-state index in [-0.39, 0.29) is 5.91 Å². The molecule has 1 rings (SSSR count). The molecule has 1 amide bonds. The smallest absolute Gasteiger partial charge is 0.308 e. The van der Waals surface area contributed by atoms with Crippen LogP contribution in [0.1, 0.15) is 65.2 Å². The number of rotatable bonds is 6. The van der Waals surface area contributed by atoms with E-state index in [0.29, 0.717) is 12.8 Å². The maximum atomic E-state index is 11.9. The van der Waals surface area contributed by atoms with Crippen LogP contribution in [-0.2, 0) is 9.59 Å². The predicted molar refractivity (Wildman–Crippen MR) is 70.3 cm³/mol. The van der Waals surface area contributed by atoms with Gasteiger partial charge in [0, 0.05) is 6.42 Å². The number of carbonyl (C=O) groups excluding carboxylic acids is 1. The van der Waals surface area contributed by atoms with Gasteiger partial charge in [0.25, 0.3) is 0 Å². The standard InChI is InChI=1S/C14H25NO3/c1-3-4-5-9-12(16)15-14(2)10-7-6-8-11(14)13(17)18/h11H,3-10H2,1-2H3,(H,15,16)(H,17,18). The van der Waals surface area contributed by atoms with Gasteiger partial charge in [-0.15, -0.1) is 0 Å². The first kappa shape index (κ1) is 15.0. The van der Waals surface area contributed by atoms with Crippen molar-refractivity contribution in [1.29, 1.82) is 0 Å². The Bertz CT molecular complexity index is 303. The average Bonchev–Trinajstić information content (AvgIpc) is 2.28. The third kappa shape index (κ3) is 4.00. The van der Waals surface area contributed by atoms with Gasteiger partial charge in [0.2, 0.25) is 5.91 Å². The van der Waals surface area contributed by atoms with Gasteiger partial charge in [-0.25, -0.2) is 0 Å². The molecular weight excluding hydrogens is 230 g/mol. The molecule has 4 nitrogen and oxygen atoms in total. The van der Waals surface area contributed by atoms with Gasteiger partial charge in [-0.1, -0.05) is 32.6 Å². The predicted octanol–water partition coefficient (Wildman–Crippen LogP) is 2.72. The van der Waals surface area contributed by atoms with Crippen LogP contribution in [-0.4, -0.2) is 22.5 Å². The summed E-state index contributed by atoms with van der Waals surface area (Å²) in [5.74, 6) is -1.23. The maximum absolute atomic E-state index is 11.9. The van der Waals surface area contributed by atoms with Gasteiger partial charge in [-0.2, -0.15) is 0 Å². The fourth-order valence-electron chi connectivity index (χ4n) is 2.80. The van der Waals surface area contributed by atoms with E-state index in [0.717, 1.165) is 38.5 Å². The first-order chi connectivity index (χ1) is 8.49. The number of aliphatic carboxylic acids is 1. The Balaban J connectivity index is 2.54. The third-order valence-corrected chi connectivity index (χ3v) is 3.94. The molecule has 1 fully saturated rings. The highest BCUT2D eigenvalue weighted by Crippen LogP contribution is 2.33. The Morgan fingerprint density at radius 3 is 2.67 bits per heavy atom. The molecule has 0 aromatic rings. The lowest BCUT2D eigenvalue weighted by Gasteiger charge is -2.39. The summed E-state index contributed by atoms with van der Waals surface area (Å²) in [6, 6.07) is 0. The van der Waals surface area contributed by atoms with Crippen molar-refractivity contribution >= 4 is 11.9 Å². The zero-order valence-corrected chi connectivity index (χ0v) is 11.5. The van der Waals surface area contributed by atoms with Gasteiger partial charge in [0.1, 0.15) is 0 Å². The monoisotopic (exact) mass is 255 g/mol. The van der Waals surface area contributed by atoms with E-state index in [1.54, 1.807) is 0 Å². The molecule has 0 spiro atoms. The average molecular weight is 255 g/mol. The molecule has 2 unspecified atom stereocenters. The van der Waals surface area contributed by atoms with Gasteiger partial charge in [-0.3, -0.25) is 9.59 Å². The van der Waals surface area contributed by atoms with Crippen molar-refractivity contribution in [3.8, 4) is 0 Å². The van der Waals surface area contributed by atoms with Crippen LogP contribution in [0.3, 0.4) is 0 Å². The summed E-state index contributed by atoms with van der Waals surface area (Å²) in [6.07, 6.45) is 6.90. The molecule has 104 valence electrons. The fraction of sp³-hybridized carbons (Fsp3) is 0.857. The van der Waals surface area contributed by atoms with Crippen molar-refractivity contribution in [3.05, 3.63) is 0 Å². The molecule has 0 aromatic heterocycles. The van der Waals surface area contributed by atoms with Crippen LogP contribution in [0.15, 0.2) is 0 Å². The van der Waals surface area contributed by atoms with E-state index >= 15 is 0 Å². The minimum Gasteiger partial charge on any atom is -0.481 e. The van der Waals surface area contributed by atoms with Crippen LogP contribution in [0.25, 0.3) is 0 Å². The minimum atomic E-state index is -0.786. The molecule has 18 heavy (non-hydrogen) atoms. The second-order valence-corrected chi connectivity index (χ2v) is 5.56. The highest BCUT2D eigenvalue weighted by Gasteiger charge is 2.41. The summed E-state index contributed by atoms with van der Waals surface area (Å²) in [4.78, 5) is 23.1. The molecule has 0 heterocycles. The Morgan fingerprint density at radius 2 is 2.06 bits per heavy atom. The maximum Gasteiger partial charge on any atom is 0.308 e. The fourth-order valence-corrected chi connectivity index (χ4v) is 2.80. The molecule has 2 N–H and O–H groups in total. The number of unbranched alkanes of at least 4 members (excludes halogenated alkanes) is 2. The van der Waals surface area contributed by atoms with Gasteiger partial charge >= 0.3 is 5.97 Å². The molecule has 0 radical (unpaired) electrons. The van der Waals surface area contributed by atoms with Crippen molar-refractivity contribution in [2.75, 3.05) is 0 Å². The van der Waals surface area contributed by atoms with Gasteiger partial charge in [-0.05, 0) is 26.2 Å². The lowest BCUT2D eigenvalue weighted by Crippen LogP contribution is -2.55. The van der Waals surface area contributed by atoms with Crippen molar-refractivity contribution in [2.45, 2.75) is 70.8 Å². The minimum absolute atomic E-state index is 0.000833. The van der Waals surface area contributed by atoms with E-state index in [1.807, 2.05) is 6.92 Å². The van der Waals surface area contributed by atoms with E-state index in [4.69, 9.17) is 0 Å². The number of amides is 1. The van der Waals surface area contributed by atoms with Crippen LogP contribution in [0.4, 0.5) is 0 Å². The molecule has 0 saturated heterocycles. The molecule has 1 saturated carbocycles. The largest absolute Gasteiger partial charge is 0.481 e. The van der Waals surface area contributed by atoms with E-state index in [2.05, 4.69) is 12.2 Å². The number of nitrogens with one attached hydrogen (secondary N) is 1. The normalized spacial score (nSPS) is 27.8. The van der Waals surface area contributed by atoms with Crippen LogP contribution >= 0.6 is 0 Å². The zero-order valence-electron chi connectivity index (χ0n) is 11.5. The first-order valence-corrected chi connectivity index (χ1v) is 7.03. The topological polar surface area (TPSA) is 66.4 Å². The SMILES string of the molecule is CCCCCC(=O)NC1(C)CCCCC1C(=O)O. The molecular formula is C14H25NO3. The first-order valence-electron chi connectivity index (χ1n) is 7.03. The molecule has 1 aliphatic carbocycles. The molecule has 0 bridgehead atoms. The highest BCUT2D eigenvalue weighted by atomic mass is 16.4. The second-order valence-electron chi connectivity index (χ2n) is 5.56. The number of carbonyl (C=O) groups is 2. The van der Waals surface area contributed by atoms with Crippen molar-refractivity contribution in [3.63, 3.8) is 0 Å². The van der Waals surface area contributed by atoms with Gasteiger partial charge in [0.15, 0.2) is 0 Å². The summed E-state index contributed by atoms with van der Waals surface area (Å²) in [7, 11) is 0. The number of carboxylic acid groups (broad SMARTS) is 1. The number of hydrogen-bond donors (Lipinski definition) is 2. The zero-order chi connectivity index (χ0) is 13.6. The summed E-state index contributed by atoms with van der Waals surface area (Å²) in [5.41, 5.74) is -0.562. The van der Waals surface area contributed by atoms with Crippen LogP contribution in [0.5, 0.6) is 0 Å². The molecule has 1 aliphatic rings. The quantitative estimate of drug-likeness (QED) is 0.717. The van der Waals surface area contributed by atoms with E-state index in [1.165, 1.54) is 0 Å². The van der Waals surface area contributed by atoms with Crippen molar-refractivity contribution in [1.82, 2.24) is 5.32 Å². The number of hydrogen-bond acceptors (Lipinski definition) is 2.